The predicted octanol–water partition coefficient (Wildman–Crippen LogP) is 2.33. The maximum Gasteiger partial charge on any atom is 0.124 e. The lowest BCUT2D eigenvalue weighted by Gasteiger charge is -2.28. The number of fused-ring (bicyclic) bond motifs is 1. The summed E-state index contributed by atoms with van der Waals surface area (Å²) in [5, 5.41) is 14.2. The molecule has 2 unspecified atom stereocenters. The van der Waals surface area contributed by atoms with Gasteiger partial charge in [-0.2, -0.15) is 5.10 Å². The minimum absolute atomic E-state index is 0.0646. The smallest absolute Gasteiger partial charge is 0.124 e. The molecule has 18 heavy (non-hydrogen) atoms. The van der Waals surface area contributed by atoms with Crippen LogP contribution in [0.15, 0.2) is 24.4 Å². The van der Waals surface area contributed by atoms with E-state index >= 15 is 0 Å². The fourth-order valence-electron chi connectivity index (χ4n) is 2.56. The molecule has 0 aliphatic heterocycles. The third-order valence-corrected chi connectivity index (χ3v) is 3.51. The molecule has 3 rings (SSSR count). The van der Waals surface area contributed by atoms with Crippen LogP contribution in [0, 0.1) is 6.92 Å². The highest BCUT2D eigenvalue weighted by Crippen LogP contribution is 2.24. The van der Waals surface area contributed by atoms with Crippen LogP contribution >= 0.6 is 0 Å². The topological polar surface area (TPSA) is 46.8 Å². The molecule has 2 atom stereocenters. The predicted molar refractivity (Wildman–Crippen MR) is 68.8 cm³/mol. The molecule has 1 saturated carbocycles. The number of aliphatic hydroxyl groups excluding tert-OH is 1. The first-order chi connectivity index (χ1) is 8.72. The van der Waals surface area contributed by atoms with Crippen LogP contribution in [-0.2, 0) is 0 Å². The summed E-state index contributed by atoms with van der Waals surface area (Å²) in [7, 11) is 0. The minimum Gasteiger partial charge on any atom is -0.488 e. The normalized spacial score (nSPS) is 24.3. The van der Waals surface area contributed by atoms with Gasteiger partial charge in [0.25, 0.3) is 0 Å². The lowest BCUT2D eigenvalue weighted by atomic mass is 9.95. The van der Waals surface area contributed by atoms with Crippen molar-refractivity contribution in [3.63, 3.8) is 0 Å². The van der Waals surface area contributed by atoms with E-state index in [1.165, 1.54) is 0 Å². The lowest BCUT2D eigenvalue weighted by Crippen LogP contribution is -2.34. The van der Waals surface area contributed by atoms with Crippen molar-refractivity contribution in [1.29, 1.82) is 0 Å². The highest BCUT2D eigenvalue weighted by atomic mass is 16.5. The van der Waals surface area contributed by atoms with Crippen molar-refractivity contribution in [2.75, 3.05) is 0 Å². The first kappa shape index (κ1) is 11.5. The molecule has 0 saturated heterocycles. The molecule has 1 aliphatic rings. The van der Waals surface area contributed by atoms with Crippen molar-refractivity contribution in [3.05, 3.63) is 30.1 Å². The van der Waals surface area contributed by atoms with E-state index in [4.69, 9.17) is 4.74 Å². The third kappa shape index (κ3) is 2.20. The molecular weight excluding hydrogens is 228 g/mol. The van der Waals surface area contributed by atoms with Crippen molar-refractivity contribution >= 4 is 5.52 Å². The second-order valence-corrected chi connectivity index (χ2v) is 5.03. The molecule has 0 aromatic carbocycles. The molecule has 2 heterocycles. The van der Waals surface area contributed by atoms with Crippen molar-refractivity contribution < 1.29 is 9.84 Å². The van der Waals surface area contributed by atoms with Crippen molar-refractivity contribution in [3.8, 4) is 5.75 Å². The molecule has 0 radical (unpaired) electrons. The van der Waals surface area contributed by atoms with Crippen LogP contribution in [0.5, 0.6) is 5.75 Å². The number of aromatic nitrogens is 2. The number of hydrogen-bond donors (Lipinski definition) is 1. The second kappa shape index (κ2) is 4.61. The molecule has 2 aromatic heterocycles. The molecule has 1 aliphatic carbocycles. The van der Waals surface area contributed by atoms with Gasteiger partial charge >= 0.3 is 0 Å². The van der Waals surface area contributed by atoms with Gasteiger partial charge in [0, 0.05) is 12.3 Å². The first-order valence-electron chi connectivity index (χ1n) is 6.53. The zero-order chi connectivity index (χ0) is 12.5. The monoisotopic (exact) mass is 246 g/mol. The highest BCUT2D eigenvalue weighted by molar-refractivity contribution is 5.51. The zero-order valence-electron chi connectivity index (χ0n) is 10.5. The van der Waals surface area contributed by atoms with Crippen LogP contribution in [0.2, 0.25) is 0 Å². The summed E-state index contributed by atoms with van der Waals surface area (Å²) < 4.78 is 7.73. The van der Waals surface area contributed by atoms with Crippen molar-refractivity contribution in [2.24, 2.45) is 0 Å². The fourth-order valence-corrected chi connectivity index (χ4v) is 2.56. The number of pyridine rings is 1. The number of ether oxygens (including phenoxy) is 1. The molecular formula is C14H18N2O2. The van der Waals surface area contributed by atoms with Gasteiger partial charge in [-0.1, -0.05) is 6.42 Å². The maximum absolute atomic E-state index is 9.91. The zero-order valence-corrected chi connectivity index (χ0v) is 10.5. The minimum atomic E-state index is -0.332. The average molecular weight is 246 g/mol. The van der Waals surface area contributed by atoms with Gasteiger partial charge in [0.2, 0.25) is 0 Å². The second-order valence-electron chi connectivity index (χ2n) is 5.03. The quantitative estimate of drug-likeness (QED) is 0.884. The summed E-state index contributed by atoms with van der Waals surface area (Å²) in [6, 6.07) is 5.90. The van der Waals surface area contributed by atoms with Gasteiger partial charge in [-0.3, -0.25) is 0 Å². The number of aryl methyl sites for hydroxylation is 1. The average Bonchev–Trinajstić information content (AvgIpc) is 2.71. The third-order valence-electron chi connectivity index (χ3n) is 3.51. The van der Waals surface area contributed by atoms with Crippen molar-refractivity contribution in [1.82, 2.24) is 9.61 Å². The Kier molecular flexibility index (Phi) is 2.96. The molecule has 1 fully saturated rings. The summed E-state index contributed by atoms with van der Waals surface area (Å²) in [5.74, 6) is 0.813. The lowest BCUT2D eigenvalue weighted by molar-refractivity contribution is 0.00688. The Morgan fingerprint density at radius 2 is 2.17 bits per heavy atom. The van der Waals surface area contributed by atoms with E-state index in [0.29, 0.717) is 0 Å². The summed E-state index contributed by atoms with van der Waals surface area (Å²) in [6.45, 7) is 1.97. The molecule has 0 amide bonds. The van der Waals surface area contributed by atoms with E-state index in [1.54, 1.807) is 0 Å². The van der Waals surface area contributed by atoms with Crippen LogP contribution in [0.4, 0.5) is 0 Å². The Morgan fingerprint density at radius 3 is 3.00 bits per heavy atom. The Morgan fingerprint density at radius 1 is 1.33 bits per heavy atom. The van der Waals surface area contributed by atoms with Crippen LogP contribution in [0.3, 0.4) is 0 Å². The van der Waals surface area contributed by atoms with Gasteiger partial charge in [-0.05, 0) is 38.3 Å². The summed E-state index contributed by atoms with van der Waals surface area (Å²) in [5.41, 5.74) is 2.01. The van der Waals surface area contributed by atoms with Crippen LogP contribution in [-0.4, -0.2) is 26.9 Å². The maximum atomic E-state index is 9.91. The Hall–Kier alpha value is -1.55. The van der Waals surface area contributed by atoms with Gasteiger partial charge in [-0.15, -0.1) is 0 Å². The van der Waals surface area contributed by atoms with Crippen LogP contribution in [0.1, 0.15) is 31.4 Å². The van der Waals surface area contributed by atoms with E-state index in [1.807, 2.05) is 35.8 Å². The van der Waals surface area contributed by atoms with Gasteiger partial charge in [0.1, 0.15) is 11.9 Å². The van der Waals surface area contributed by atoms with E-state index < -0.39 is 0 Å². The van der Waals surface area contributed by atoms with E-state index in [2.05, 4.69) is 5.10 Å². The number of hydrogen-bond acceptors (Lipinski definition) is 3. The highest BCUT2D eigenvalue weighted by Gasteiger charge is 2.24. The fraction of sp³-hybridized carbons (Fsp3) is 0.500. The number of rotatable bonds is 2. The SMILES string of the molecule is Cc1cc2cc(OC3CCCCC3O)ccn2n1. The van der Waals surface area contributed by atoms with E-state index in [9.17, 15) is 5.11 Å². The Labute approximate surface area is 106 Å². The molecule has 2 aromatic rings. The van der Waals surface area contributed by atoms with Gasteiger partial charge < -0.3 is 9.84 Å². The van der Waals surface area contributed by atoms with Crippen LogP contribution < -0.4 is 4.74 Å². The summed E-state index contributed by atoms with van der Waals surface area (Å²) in [4.78, 5) is 0. The molecule has 1 N–H and O–H groups in total. The molecule has 0 spiro atoms. The van der Waals surface area contributed by atoms with Gasteiger partial charge in [-0.25, -0.2) is 4.52 Å². The molecule has 4 heteroatoms. The Bertz CT molecular complexity index is 550. The van der Waals surface area contributed by atoms with Gasteiger partial charge in [0.05, 0.1) is 17.3 Å². The standard InChI is InChI=1S/C14H18N2O2/c1-10-8-11-9-12(6-7-16(11)15-10)18-14-5-3-2-4-13(14)17/h6-9,13-14,17H,2-5H2,1H3. The molecule has 4 nitrogen and oxygen atoms in total. The van der Waals surface area contributed by atoms with E-state index in [-0.39, 0.29) is 12.2 Å². The van der Waals surface area contributed by atoms with Crippen LogP contribution in [0.25, 0.3) is 5.52 Å². The molecule has 96 valence electrons. The van der Waals surface area contributed by atoms with E-state index in [0.717, 1.165) is 42.6 Å². The van der Waals surface area contributed by atoms with Crippen molar-refractivity contribution in [2.45, 2.75) is 44.8 Å². The summed E-state index contributed by atoms with van der Waals surface area (Å²) >= 11 is 0. The summed E-state index contributed by atoms with van der Waals surface area (Å²) in [6.07, 6.45) is 5.51. The number of aliphatic hydroxyl groups is 1. The van der Waals surface area contributed by atoms with Gasteiger partial charge in [0.15, 0.2) is 0 Å². The first-order valence-corrected chi connectivity index (χ1v) is 6.53. The number of nitrogens with zero attached hydrogens (tertiary/aromatic N) is 2. The Balaban J connectivity index is 1.81. The largest absolute Gasteiger partial charge is 0.488 e. The molecule has 0 bridgehead atoms.